The van der Waals surface area contributed by atoms with Crippen molar-refractivity contribution in [2.45, 2.75) is 6.92 Å². The van der Waals surface area contributed by atoms with Gasteiger partial charge in [0.15, 0.2) is 17.5 Å². The standard InChI is InChI=1S/C11H7ClF3N3/c1-5-2-9(18-11(12)16-5)17-6-3-7(13)10(15)8(14)4-6/h2-4H,1H3,(H,16,17,18). The van der Waals surface area contributed by atoms with Crippen LogP contribution in [-0.4, -0.2) is 9.97 Å². The summed E-state index contributed by atoms with van der Waals surface area (Å²) < 4.78 is 38.7. The van der Waals surface area contributed by atoms with E-state index in [1.54, 1.807) is 6.92 Å². The predicted molar refractivity (Wildman–Crippen MR) is 61.4 cm³/mol. The molecule has 0 atom stereocenters. The minimum atomic E-state index is -1.52. The molecule has 0 bridgehead atoms. The Labute approximate surface area is 106 Å². The van der Waals surface area contributed by atoms with Crippen LogP contribution >= 0.6 is 11.6 Å². The van der Waals surface area contributed by atoms with Gasteiger partial charge in [-0.2, -0.15) is 0 Å². The molecule has 2 aromatic rings. The van der Waals surface area contributed by atoms with Crippen molar-refractivity contribution in [3.63, 3.8) is 0 Å². The van der Waals surface area contributed by atoms with Crippen molar-refractivity contribution < 1.29 is 13.2 Å². The first kappa shape index (κ1) is 12.6. The Balaban J connectivity index is 2.34. The van der Waals surface area contributed by atoms with Crippen LogP contribution < -0.4 is 5.32 Å². The lowest BCUT2D eigenvalue weighted by Gasteiger charge is -2.07. The highest BCUT2D eigenvalue weighted by Crippen LogP contribution is 2.21. The third-order valence-electron chi connectivity index (χ3n) is 2.08. The van der Waals surface area contributed by atoms with Gasteiger partial charge in [0.05, 0.1) is 0 Å². The quantitative estimate of drug-likeness (QED) is 0.671. The van der Waals surface area contributed by atoms with Crippen LogP contribution in [0.5, 0.6) is 0 Å². The second kappa shape index (κ2) is 4.81. The van der Waals surface area contributed by atoms with Crippen molar-refractivity contribution in [3.8, 4) is 0 Å². The van der Waals surface area contributed by atoms with E-state index in [4.69, 9.17) is 11.6 Å². The fourth-order valence-electron chi connectivity index (χ4n) is 1.37. The van der Waals surface area contributed by atoms with Crippen LogP contribution in [0.2, 0.25) is 5.28 Å². The van der Waals surface area contributed by atoms with Crippen LogP contribution in [0, 0.1) is 24.4 Å². The molecule has 1 aromatic carbocycles. The lowest BCUT2D eigenvalue weighted by molar-refractivity contribution is 0.448. The second-order valence-electron chi connectivity index (χ2n) is 3.54. The minimum Gasteiger partial charge on any atom is -0.340 e. The number of nitrogens with one attached hydrogen (secondary N) is 1. The largest absolute Gasteiger partial charge is 0.340 e. The van der Waals surface area contributed by atoms with E-state index in [0.29, 0.717) is 5.69 Å². The molecular formula is C11H7ClF3N3. The molecule has 0 spiro atoms. The molecule has 0 amide bonds. The van der Waals surface area contributed by atoms with Gasteiger partial charge in [-0.25, -0.2) is 23.1 Å². The van der Waals surface area contributed by atoms with Crippen molar-refractivity contribution in [3.05, 3.63) is 46.6 Å². The van der Waals surface area contributed by atoms with Gasteiger partial charge in [-0.1, -0.05) is 0 Å². The maximum atomic E-state index is 13.0. The van der Waals surface area contributed by atoms with Crippen LogP contribution in [0.1, 0.15) is 5.69 Å². The topological polar surface area (TPSA) is 37.8 Å². The van der Waals surface area contributed by atoms with Gasteiger partial charge >= 0.3 is 0 Å². The highest BCUT2D eigenvalue weighted by Gasteiger charge is 2.11. The molecule has 94 valence electrons. The average Bonchev–Trinajstić information content (AvgIpc) is 2.24. The zero-order valence-electron chi connectivity index (χ0n) is 9.14. The van der Waals surface area contributed by atoms with E-state index in [-0.39, 0.29) is 16.8 Å². The smallest absolute Gasteiger partial charge is 0.224 e. The Kier molecular flexibility index (Phi) is 3.38. The molecule has 7 heteroatoms. The maximum Gasteiger partial charge on any atom is 0.224 e. The molecule has 1 heterocycles. The zero-order valence-corrected chi connectivity index (χ0v) is 9.89. The van der Waals surface area contributed by atoms with Crippen molar-refractivity contribution >= 4 is 23.1 Å². The number of anilines is 2. The third-order valence-corrected chi connectivity index (χ3v) is 2.25. The Bertz CT molecular complexity index is 561. The van der Waals surface area contributed by atoms with Gasteiger partial charge in [-0.15, -0.1) is 0 Å². The molecule has 0 unspecified atom stereocenters. The molecule has 0 aliphatic heterocycles. The average molecular weight is 274 g/mol. The number of rotatable bonds is 2. The van der Waals surface area contributed by atoms with Gasteiger partial charge in [-0.3, -0.25) is 0 Å². The van der Waals surface area contributed by atoms with Crippen LogP contribution in [0.3, 0.4) is 0 Å². The molecule has 2 rings (SSSR count). The minimum absolute atomic E-state index is 0.000514. The second-order valence-corrected chi connectivity index (χ2v) is 3.88. The lowest BCUT2D eigenvalue weighted by atomic mass is 10.3. The summed E-state index contributed by atoms with van der Waals surface area (Å²) >= 11 is 5.63. The first-order valence-electron chi connectivity index (χ1n) is 4.88. The van der Waals surface area contributed by atoms with E-state index in [0.717, 1.165) is 12.1 Å². The monoisotopic (exact) mass is 273 g/mol. The van der Waals surface area contributed by atoms with E-state index in [1.165, 1.54) is 6.07 Å². The van der Waals surface area contributed by atoms with E-state index >= 15 is 0 Å². The Morgan fingerprint density at radius 1 is 1.06 bits per heavy atom. The van der Waals surface area contributed by atoms with Crippen molar-refractivity contribution in [1.29, 1.82) is 0 Å². The molecular weight excluding hydrogens is 267 g/mol. The Hall–Kier alpha value is -1.82. The summed E-state index contributed by atoms with van der Waals surface area (Å²) in [6, 6.07) is 3.18. The lowest BCUT2D eigenvalue weighted by Crippen LogP contribution is -1.99. The Morgan fingerprint density at radius 2 is 1.67 bits per heavy atom. The summed E-state index contributed by atoms with van der Waals surface area (Å²) in [6.45, 7) is 1.69. The van der Waals surface area contributed by atoms with Crippen LogP contribution in [0.25, 0.3) is 0 Å². The summed E-state index contributed by atoms with van der Waals surface area (Å²) in [5.41, 5.74) is 0.612. The van der Waals surface area contributed by atoms with Crippen LogP contribution in [0.15, 0.2) is 18.2 Å². The van der Waals surface area contributed by atoms with Gasteiger partial charge in [0.1, 0.15) is 5.82 Å². The number of benzene rings is 1. The number of aromatic nitrogens is 2. The molecule has 0 aliphatic carbocycles. The molecule has 0 aliphatic rings. The van der Waals surface area contributed by atoms with Gasteiger partial charge in [0, 0.05) is 29.6 Å². The zero-order chi connectivity index (χ0) is 13.3. The SMILES string of the molecule is Cc1cc(Nc2cc(F)c(F)c(F)c2)nc(Cl)n1. The molecule has 0 radical (unpaired) electrons. The van der Waals surface area contributed by atoms with Crippen molar-refractivity contribution in [2.24, 2.45) is 0 Å². The van der Waals surface area contributed by atoms with E-state index in [9.17, 15) is 13.2 Å². The maximum absolute atomic E-state index is 13.0. The van der Waals surface area contributed by atoms with Gasteiger partial charge in [0.25, 0.3) is 0 Å². The predicted octanol–water partition coefficient (Wildman–Crippen LogP) is 3.60. The third kappa shape index (κ3) is 2.70. The summed E-state index contributed by atoms with van der Waals surface area (Å²) in [6.07, 6.45) is 0. The molecule has 18 heavy (non-hydrogen) atoms. The first-order valence-corrected chi connectivity index (χ1v) is 5.26. The summed E-state index contributed by atoms with van der Waals surface area (Å²) in [5.74, 6) is -3.82. The number of hydrogen-bond donors (Lipinski definition) is 1. The molecule has 0 saturated carbocycles. The van der Waals surface area contributed by atoms with E-state index in [2.05, 4.69) is 15.3 Å². The van der Waals surface area contributed by atoms with Gasteiger partial charge < -0.3 is 5.32 Å². The summed E-state index contributed by atoms with van der Waals surface area (Å²) in [4.78, 5) is 7.65. The molecule has 3 nitrogen and oxygen atoms in total. The molecule has 0 fully saturated rings. The fraction of sp³-hybridized carbons (Fsp3) is 0.0909. The van der Waals surface area contributed by atoms with Crippen molar-refractivity contribution in [2.75, 3.05) is 5.32 Å². The highest BCUT2D eigenvalue weighted by atomic mass is 35.5. The van der Waals surface area contributed by atoms with Crippen LogP contribution in [0.4, 0.5) is 24.7 Å². The summed E-state index contributed by atoms with van der Waals surface area (Å²) in [7, 11) is 0. The van der Waals surface area contributed by atoms with E-state index in [1.807, 2.05) is 0 Å². The number of halogens is 4. The first-order chi connectivity index (χ1) is 8.45. The summed E-state index contributed by atoms with van der Waals surface area (Å²) in [5, 5.41) is 2.61. The van der Waals surface area contributed by atoms with E-state index < -0.39 is 17.5 Å². The van der Waals surface area contributed by atoms with Crippen LogP contribution in [-0.2, 0) is 0 Å². The number of nitrogens with zero attached hydrogens (tertiary/aromatic N) is 2. The molecule has 1 aromatic heterocycles. The number of aryl methyl sites for hydroxylation is 1. The Morgan fingerprint density at radius 3 is 2.22 bits per heavy atom. The van der Waals surface area contributed by atoms with Gasteiger partial charge in [-0.05, 0) is 18.5 Å². The van der Waals surface area contributed by atoms with Crippen molar-refractivity contribution in [1.82, 2.24) is 9.97 Å². The fourth-order valence-corrected chi connectivity index (χ4v) is 1.60. The molecule has 1 N–H and O–H groups in total. The highest BCUT2D eigenvalue weighted by molar-refractivity contribution is 6.28. The van der Waals surface area contributed by atoms with Gasteiger partial charge in [0.2, 0.25) is 5.28 Å². The molecule has 0 saturated heterocycles. The normalized spacial score (nSPS) is 10.5. The number of hydrogen-bond acceptors (Lipinski definition) is 3.